The van der Waals surface area contributed by atoms with E-state index in [1.54, 1.807) is 19.1 Å². The number of nitrogens with zero attached hydrogens (tertiary/aromatic N) is 2. The van der Waals surface area contributed by atoms with E-state index in [0.717, 1.165) is 14.7 Å². The highest BCUT2D eigenvalue weighted by atomic mass is 79.9. The average molecular weight is 453 g/mol. The van der Waals surface area contributed by atoms with Crippen molar-refractivity contribution in [1.82, 2.24) is 4.57 Å². The zero-order chi connectivity index (χ0) is 18.9. The minimum absolute atomic E-state index is 0.0119. The summed E-state index contributed by atoms with van der Waals surface area (Å²) in [7, 11) is -3.37. The van der Waals surface area contributed by atoms with E-state index in [4.69, 9.17) is 0 Å². The van der Waals surface area contributed by atoms with E-state index in [2.05, 4.69) is 20.9 Å². The number of carbonyl (C=O) groups is 1. The van der Waals surface area contributed by atoms with Crippen LogP contribution in [0, 0.1) is 0 Å². The second-order valence-electron chi connectivity index (χ2n) is 5.56. The Morgan fingerprint density at radius 1 is 1.19 bits per heavy atom. The average Bonchev–Trinajstić information content (AvgIpc) is 3.00. The number of hydrogen-bond acceptors (Lipinski definition) is 4. The Labute approximate surface area is 164 Å². The fourth-order valence-electron chi connectivity index (χ4n) is 2.61. The smallest absolute Gasteiger partial charge is 0.279 e. The number of benzene rings is 2. The fourth-order valence-corrected chi connectivity index (χ4v) is 5.36. The molecule has 0 unspecified atom stereocenters. The summed E-state index contributed by atoms with van der Waals surface area (Å²) in [5, 5.41) is 0. The van der Waals surface area contributed by atoms with Gasteiger partial charge in [-0.3, -0.25) is 4.79 Å². The van der Waals surface area contributed by atoms with Gasteiger partial charge in [-0.15, -0.1) is 0 Å². The van der Waals surface area contributed by atoms with Gasteiger partial charge in [-0.1, -0.05) is 30.4 Å². The minimum atomic E-state index is -3.37. The van der Waals surface area contributed by atoms with Crippen LogP contribution >= 0.6 is 27.3 Å². The Balaban J connectivity index is 2.12. The number of carbonyl (C=O) groups excluding carboxylic acids is 1. The van der Waals surface area contributed by atoms with E-state index < -0.39 is 15.7 Å². The van der Waals surface area contributed by atoms with E-state index in [1.807, 2.05) is 29.7 Å². The van der Waals surface area contributed by atoms with Crippen LogP contribution in [0.1, 0.15) is 24.2 Å². The summed E-state index contributed by atoms with van der Waals surface area (Å²) < 4.78 is 28.0. The third-order valence-corrected chi connectivity index (χ3v) is 7.40. The molecule has 0 spiro atoms. The Hall–Kier alpha value is -1.77. The van der Waals surface area contributed by atoms with E-state index in [0.29, 0.717) is 11.3 Å². The highest BCUT2D eigenvalue weighted by Gasteiger charge is 2.15. The lowest BCUT2D eigenvalue weighted by atomic mass is 10.2. The largest absolute Gasteiger partial charge is 0.316 e. The molecule has 8 heteroatoms. The molecule has 0 saturated heterocycles. The summed E-state index contributed by atoms with van der Waals surface area (Å²) in [4.78, 5) is 17.6. The van der Waals surface area contributed by atoms with Gasteiger partial charge in [-0.25, -0.2) is 8.42 Å². The SMILES string of the molecule is CCn1c(=NC(=O)c2cccc(S(=O)(=O)CC)c2)sc2cccc(Br)c21. The molecule has 0 N–H and O–H groups in total. The molecule has 0 radical (unpaired) electrons. The van der Waals surface area contributed by atoms with Crippen LogP contribution in [-0.4, -0.2) is 24.6 Å². The van der Waals surface area contributed by atoms with Crippen molar-refractivity contribution in [1.29, 1.82) is 0 Å². The normalized spacial score (nSPS) is 12.7. The van der Waals surface area contributed by atoms with Gasteiger partial charge in [0.2, 0.25) is 0 Å². The first-order valence-corrected chi connectivity index (χ1v) is 11.3. The van der Waals surface area contributed by atoms with E-state index in [-0.39, 0.29) is 16.2 Å². The molecule has 1 amide bonds. The predicted molar refractivity (Wildman–Crippen MR) is 107 cm³/mol. The molecule has 0 aliphatic rings. The van der Waals surface area contributed by atoms with Crippen molar-refractivity contribution in [3.05, 3.63) is 57.3 Å². The molecule has 26 heavy (non-hydrogen) atoms. The van der Waals surface area contributed by atoms with Gasteiger partial charge in [0.05, 0.1) is 20.9 Å². The standard InChI is InChI=1S/C18H17BrN2O3S2/c1-3-21-16-14(19)9-6-10-15(16)25-18(21)20-17(22)12-7-5-8-13(11-12)26(23,24)4-2/h5-11H,3-4H2,1-2H3. The molecule has 0 atom stereocenters. The molecule has 0 aliphatic heterocycles. The number of aryl methyl sites for hydroxylation is 1. The maximum absolute atomic E-state index is 12.6. The number of fused-ring (bicyclic) bond motifs is 1. The van der Waals surface area contributed by atoms with Crippen molar-refractivity contribution in [2.45, 2.75) is 25.3 Å². The van der Waals surface area contributed by atoms with E-state index in [1.165, 1.54) is 23.5 Å². The first-order valence-electron chi connectivity index (χ1n) is 8.07. The molecular weight excluding hydrogens is 436 g/mol. The van der Waals surface area contributed by atoms with Crippen molar-refractivity contribution in [3.8, 4) is 0 Å². The second-order valence-corrected chi connectivity index (χ2v) is 9.71. The third kappa shape index (κ3) is 3.54. The highest BCUT2D eigenvalue weighted by Crippen LogP contribution is 2.25. The molecule has 3 rings (SSSR count). The number of para-hydroxylation sites is 1. The Bertz CT molecular complexity index is 1160. The predicted octanol–water partition coefficient (Wildman–Crippen LogP) is 4.02. The molecule has 0 fully saturated rings. The highest BCUT2D eigenvalue weighted by molar-refractivity contribution is 9.10. The number of aromatic nitrogens is 1. The first-order chi connectivity index (χ1) is 12.4. The zero-order valence-electron chi connectivity index (χ0n) is 14.3. The monoisotopic (exact) mass is 452 g/mol. The summed E-state index contributed by atoms with van der Waals surface area (Å²) in [5.74, 6) is -0.467. The number of amides is 1. The van der Waals surface area contributed by atoms with E-state index in [9.17, 15) is 13.2 Å². The van der Waals surface area contributed by atoms with Gasteiger partial charge in [-0.05, 0) is 53.2 Å². The molecule has 1 aromatic heterocycles. The van der Waals surface area contributed by atoms with Crippen molar-refractivity contribution in [3.63, 3.8) is 0 Å². The molecule has 2 aromatic carbocycles. The first kappa shape index (κ1) is 19.0. The number of rotatable bonds is 4. The minimum Gasteiger partial charge on any atom is -0.316 e. The molecule has 136 valence electrons. The van der Waals surface area contributed by atoms with Crippen LogP contribution in [0.2, 0.25) is 0 Å². The fraction of sp³-hybridized carbons (Fsp3) is 0.222. The van der Waals surface area contributed by atoms with Gasteiger partial charge in [0, 0.05) is 16.6 Å². The summed E-state index contributed by atoms with van der Waals surface area (Å²) >= 11 is 4.97. The Kier molecular flexibility index (Phi) is 5.45. The number of thiazole rings is 1. The number of sulfone groups is 1. The van der Waals surface area contributed by atoms with Gasteiger partial charge in [0.25, 0.3) is 5.91 Å². The Morgan fingerprint density at radius 3 is 2.62 bits per heavy atom. The number of halogens is 1. The van der Waals surface area contributed by atoms with Gasteiger partial charge >= 0.3 is 0 Å². The quantitative estimate of drug-likeness (QED) is 0.599. The van der Waals surface area contributed by atoms with Crippen LogP contribution in [-0.2, 0) is 16.4 Å². The molecule has 1 heterocycles. The van der Waals surface area contributed by atoms with Crippen molar-refractivity contribution >= 4 is 53.2 Å². The van der Waals surface area contributed by atoms with Crippen LogP contribution < -0.4 is 4.80 Å². The summed E-state index contributed by atoms with van der Waals surface area (Å²) in [6.07, 6.45) is 0. The van der Waals surface area contributed by atoms with E-state index >= 15 is 0 Å². The zero-order valence-corrected chi connectivity index (χ0v) is 17.5. The summed E-state index contributed by atoms with van der Waals surface area (Å²) in [6.45, 7) is 4.23. The van der Waals surface area contributed by atoms with Crippen LogP contribution in [0.15, 0.2) is 56.8 Å². The molecule has 3 aromatic rings. The van der Waals surface area contributed by atoms with Crippen LogP contribution in [0.4, 0.5) is 0 Å². The van der Waals surface area contributed by atoms with Gasteiger partial charge < -0.3 is 4.57 Å². The number of hydrogen-bond donors (Lipinski definition) is 0. The van der Waals surface area contributed by atoms with Crippen LogP contribution in [0.3, 0.4) is 0 Å². The lowest BCUT2D eigenvalue weighted by Gasteiger charge is -2.03. The summed E-state index contributed by atoms with van der Waals surface area (Å²) in [5.41, 5.74) is 1.26. The van der Waals surface area contributed by atoms with Crippen molar-refractivity contribution in [2.24, 2.45) is 4.99 Å². The second kappa shape index (κ2) is 7.46. The van der Waals surface area contributed by atoms with Crippen molar-refractivity contribution in [2.75, 3.05) is 5.75 Å². The lowest BCUT2D eigenvalue weighted by Crippen LogP contribution is -2.16. The molecule has 0 aliphatic carbocycles. The lowest BCUT2D eigenvalue weighted by molar-refractivity contribution is 0.0997. The topological polar surface area (TPSA) is 68.5 Å². The molecule has 0 saturated carbocycles. The molecular formula is C18H17BrN2O3S2. The third-order valence-electron chi connectivity index (χ3n) is 3.99. The summed E-state index contributed by atoms with van der Waals surface area (Å²) in [6, 6.07) is 11.9. The van der Waals surface area contributed by atoms with Crippen LogP contribution in [0.5, 0.6) is 0 Å². The van der Waals surface area contributed by atoms with Crippen LogP contribution in [0.25, 0.3) is 10.2 Å². The van der Waals surface area contributed by atoms with Gasteiger partial charge in [-0.2, -0.15) is 4.99 Å². The maximum Gasteiger partial charge on any atom is 0.279 e. The molecule has 5 nitrogen and oxygen atoms in total. The molecule has 0 bridgehead atoms. The van der Waals surface area contributed by atoms with Gasteiger partial charge in [0.1, 0.15) is 0 Å². The maximum atomic E-state index is 12.6. The van der Waals surface area contributed by atoms with Crippen molar-refractivity contribution < 1.29 is 13.2 Å². The Morgan fingerprint density at radius 2 is 1.92 bits per heavy atom. The van der Waals surface area contributed by atoms with Gasteiger partial charge in [0.15, 0.2) is 14.6 Å².